The van der Waals surface area contributed by atoms with Crippen molar-refractivity contribution in [2.24, 2.45) is 5.92 Å². The summed E-state index contributed by atoms with van der Waals surface area (Å²) in [7, 11) is 0. The lowest BCUT2D eigenvalue weighted by Crippen LogP contribution is -2.01. The second kappa shape index (κ2) is 7.49. The standard InChI is InChI=1S/C16H20O2/c1-13(2)9-10-14(3)16(17)18-12-11-15-7-5-4-6-8-15/h4-8,10-13H,9H2,1-3H3. The van der Waals surface area contributed by atoms with Crippen LogP contribution in [-0.2, 0) is 9.53 Å². The number of hydrogen-bond acceptors (Lipinski definition) is 2. The van der Waals surface area contributed by atoms with Gasteiger partial charge in [-0.2, -0.15) is 0 Å². The Morgan fingerprint density at radius 2 is 1.94 bits per heavy atom. The summed E-state index contributed by atoms with van der Waals surface area (Å²) in [5, 5.41) is 0. The molecule has 0 radical (unpaired) electrons. The first kappa shape index (κ1) is 14.2. The predicted molar refractivity (Wildman–Crippen MR) is 74.8 cm³/mol. The molecule has 0 unspecified atom stereocenters. The van der Waals surface area contributed by atoms with Crippen LogP contribution in [-0.4, -0.2) is 5.97 Å². The van der Waals surface area contributed by atoms with Gasteiger partial charge in [-0.15, -0.1) is 0 Å². The molecular weight excluding hydrogens is 224 g/mol. The van der Waals surface area contributed by atoms with Crippen LogP contribution >= 0.6 is 0 Å². The number of benzene rings is 1. The quantitative estimate of drug-likeness (QED) is 0.441. The molecule has 0 amide bonds. The molecule has 2 heteroatoms. The van der Waals surface area contributed by atoms with Gasteiger partial charge in [-0.05, 0) is 30.9 Å². The molecule has 1 aromatic carbocycles. The highest BCUT2D eigenvalue weighted by Crippen LogP contribution is 2.07. The summed E-state index contributed by atoms with van der Waals surface area (Å²) in [5.41, 5.74) is 1.66. The van der Waals surface area contributed by atoms with E-state index in [1.165, 1.54) is 6.26 Å². The third kappa shape index (κ3) is 5.48. The molecule has 0 aliphatic heterocycles. The van der Waals surface area contributed by atoms with Crippen LogP contribution in [0.5, 0.6) is 0 Å². The Balaban J connectivity index is 2.46. The minimum Gasteiger partial charge on any atom is -0.431 e. The second-order valence-electron chi connectivity index (χ2n) is 4.64. The molecule has 0 N–H and O–H groups in total. The van der Waals surface area contributed by atoms with Crippen molar-refractivity contribution in [1.82, 2.24) is 0 Å². The van der Waals surface area contributed by atoms with Crippen LogP contribution in [0, 0.1) is 5.92 Å². The summed E-state index contributed by atoms with van der Waals surface area (Å²) in [6.07, 6.45) is 6.02. The highest BCUT2D eigenvalue weighted by Gasteiger charge is 2.03. The van der Waals surface area contributed by atoms with Crippen molar-refractivity contribution in [2.75, 3.05) is 0 Å². The van der Waals surface area contributed by atoms with E-state index in [0.717, 1.165) is 12.0 Å². The van der Waals surface area contributed by atoms with Gasteiger partial charge in [0.2, 0.25) is 0 Å². The highest BCUT2D eigenvalue weighted by atomic mass is 16.5. The molecule has 0 heterocycles. The number of allylic oxidation sites excluding steroid dienone is 1. The van der Waals surface area contributed by atoms with E-state index in [-0.39, 0.29) is 5.97 Å². The van der Waals surface area contributed by atoms with Gasteiger partial charge < -0.3 is 4.74 Å². The van der Waals surface area contributed by atoms with Crippen molar-refractivity contribution < 1.29 is 9.53 Å². The van der Waals surface area contributed by atoms with Gasteiger partial charge >= 0.3 is 5.97 Å². The number of hydrogen-bond donors (Lipinski definition) is 0. The number of carbonyl (C=O) groups excluding carboxylic acids is 1. The maximum Gasteiger partial charge on any atom is 0.338 e. The molecule has 96 valence electrons. The van der Waals surface area contributed by atoms with E-state index in [9.17, 15) is 4.79 Å². The minimum absolute atomic E-state index is 0.289. The van der Waals surface area contributed by atoms with Crippen LogP contribution in [0.2, 0.25) is 0 Å². The van der Waals surface area contributed by atoms with Crippen LogP contribution in [0.3, 0.4) is 0 Å². The molecule has 0 spiro atoms. The van der Waals surface area contributed by atoms with Crippen molar-refractivity contribution >= 4 is 12.0 Å². The summed E-state index contributed by atoms with van der Waals surface area (Å²) in [6, 6.07) is 9.73. The molecule has 0 aliphatic carbocycles. The number of carbonyl (C=O) groups is 1. The molecule has 0 saturated carbocycles. The van der Waals surface area contributed by atoms with Crippen LogP contribution in [0.4, 0.5) is 0 Å². The molecule has 1 rings (SSSR count). The van der Waals surface area contributed by atoms with Crippen molar-refractivity contribution in [3.63, 3.8) is 0 Å². The Labute approximate surface area is 109 Å². The molecule has 0 atom stereocenters. The first-order valence-corrected chi connectivity index (χ1v) is 6.19. The van der Waals surface area contributed by atoms with Crippen molar-refractivity contribution in [2.45, 2.75) is 27.2 Å². The van der Waals surface area contributed by atoms with Gasteiger partial charge in [-0.1, -0.05) is 50.3 Å². The minimum atomic E-state index is -0.289. The molecule has 0 fully saturated rings. The normalized spacial score (nSPS) is 12.1. The van der Waals surface area contributed by atoms with Crippen LogP contribution in [0.1, 0.15) is 32.8 Å². The fourth-order valence-corrected chi connectivity index (χ4v) is 1.33. The molecule has 0 bridgehead atoms. The lowest BCUT2D eigenvalue weighted by molar-refractivity contribution is -0.133. The maximum absolute atomic E-state index is 11.6. The molecule has 18 heavy (non-hydrogen) atoms. The van der Waals surface area contributed by atoms with Gasteiger partial charge in [0.25, 0.3) is 0 Å². The van der Waals surface area contributed by atoms with E-state index in [2.05, 4.69) is 13.8 Å². The lowest BCUT2D eigenvalue weighted by atomic mass is 10.1. The van der Waals surface area contributed by atoms with Crippen LogP contribution < -0.4 is 0 Å². The first-order valence-electron chi connectivity index (χ1n) is 6.19. The third-order valence-corrected chi connectivity index (χ3v) is 2.45. The number of esters is 1. The zero-order valence-corrected chi connectivity index (χ0v) is 11.2. The fraction of sp³-hybridized carbons (Fsp3) is 0.312. The summed E-state index contributed by atoms with van der Waals surface area (Å²) >= 11 is 0. The lowest BCUT2D eigenvalue weighted by Gasteiger charge is -2.01. The maximum atomic E-state index is 11.6. The Morgan fingerprint density at radius 3 is 2.56 bits per heavy atom. The summed E-state index contributed by atoms with van der Waals surface area (Å²) in [5.74, 6) is 0.260. The molecule has 1 aromatic rings. The van der Waals surface area contributed by atoms with Gasteiger partial charge in [0.1, 0.15) is 0 Å². The van der Waals surface area contributed by atoms with E-state index in [4.69, 9.17) is 4.74 Å². The van der Waals surface area contributed by atoms with E-state index in [1.807, 2.05) is 36.4 Å². The molecule has 2 nitrogen and oxygen atoms in total. The Hall–Kier alpha value is -1.83. The van der Waals surface area contributed by atoms with Crippen LogP contribution in [0.25, 0.3) is 6.08 Å². The topological polar surface area (TPSA) is 26.3 Å². The van der Waals surface area contributed by atoms with Gasteiger partial charge in [-0.25, -0.2) is 4.79 Å². The van der Waals surface area contributed by atoms with Crippen molar-refractivity contribution in [3.8, 4) is 0 Å². The molecule has 0 saturated heterocycles. The monoisotopic (exact) mass is 244 g/mol. The molecule has 0 aromatic heterocycles. The van der Waals surface area contributed by atoms with Gasteiger partial charge in [-0.3, -0.25) is 0 Å². The average molecular weight is 244 g/mol. The SMILES string of the molecule is CC(=CCC(C)C)C(=O)OC=Cc1ccccc1. The Bertz CT molecular complexity index is 428. The molecule has 0 aliphatic rings. The predicted octanol–water partition coefficient (Wildman–Crippen LogP) is 4.19. The number of rotatable bonds is 5. The zero-order valence-electron chi connectivity index (χ0n) is 11.2. The summed E-state index contributed by atoms with van der Waals surface area (Å²) < 4.78 is 5.05. The van der Waals surface area contributed by atoms with Crippen molar-refractivity contribution in [3.05, 3.63) is 53.8 Å². The van der Waals surface area contributed by atoms with Gasteiger partial charge in [0.15, 0.2) is 0 Å². The first-order chi connectivity index (χ1) is 8.59. The van der Waals surface area contributed by atoms with Crippen LogP contribution in [0.15, 0.2) is 48.2 Å². The highest BCUT2D eigenvalue weighted by molar-refractivity contribution is 5.88. The van der Waals surface area contributed by atoms with E-state index >= 15 is 0 Å². The Kier molecular flexibility index (Phi) is 5.92. The largest absolute Gasteiger partial charge is 0.431 e. The van der Waals surface area contributed by atoms with E-state index in [1.54, 1.807) is 13.0 Å². The summed E-state index contributed by atoms with van der Waals surface area (Å²) in [6.45, 7) is 6.01. The van der Waals surface area contributed by atoms with E-state index < -0.39 is 0 Å². The smallest absolute Gasteiger partial charge is 0.338 e. The Morgan fingerprint density at radius 1 is 1.28 bits per heavy atom. The average Bonchev–Trinajstić information content (AvgIpc) is 2.37. The molecular formula is C16H20O2. The fourth-order valence-electron chi connectivity index (χ4n) is 1.33. The third-order valence-electron chi connectivity index (χ3n) is 2.45. The summed E-state index contributed by atoms with van der Waals surface area (Å²) in [4.78, 5) is 11.6. The zero-order chi connectivity index (χ0) is 13.4. The van der Waals surface area contributed by atoms with E-state index in [0.29, 0.717) is 11.5 Å². The second-order valence-corrected chi connectivity index (χ2v) is 4.64. The number of ether oxygens (including phenoxy) is 1. The van der Waals surface area contributed by atoms with Gasteiger partial charge in [0.05, 0.1) is 6.26 Å². The van der Waals surface area contributed by atoms with Crippen molar-refractivity contribution in [1.29, 1.82) is 0 Å². The van der Waals surface area contributed by atoms with Gasteiger partial charge in [0, 0.05) is 5.57 Å².